The number of urea groups is 1. The summed E-state index contributed by atoms with van der Waals surface area (Å²) in [5, 5.41) is 12.8. The van der Waals surface area contributed by atoms with Crippen LogP contribution in [0.3, 0.4) is 0 Å². The van der Waals surface area contributed by atoms with E-state index in [1.807, 2.05) is 24.3 Å². The molecule has 3 rings (SSSR count). The van der Waals surface area contributed by atoms with Gasteiger partial charge in [-0.1, -0.05) is 23.7 Å². The van der Waals surface area contributed by atoms with Crippen LogP contribution >= 0.6 is 11.6 Å². The maximum Gasteiger partial charge on any atom is 0.317 e. The summed E-state index contributed by atoms with van der Waals surface area (Å²) in [6, 6.07) is 7.90. The zero-order valence-corrected chi connectivity index (χ0v) is 13.6. The Morgan fingerprint density at radius 2 is 1.91 bits per heavy atom. The topological polar surface area (TPSA) is 69.6 Å². The summed E-state index contributed by atoms with van der Waals surface area (Å²) in [4.78, 5) is 25.0. The van der Waals surface area contributed by atoms with Gasteiger partial charge in [0.05, 0.1) is 5.92 Å². The van der Waals surface area contributed by atoms with Crippen molar-refractivity contribution in [3.8, 4) is 0 Å². The molecule has 1 unspecified atom stereocenters. The lowest BCUT2D eigenvalue weighted by atomic mass is 9.76. The first kappa shape index (κ1) is 16.1. The number of hydrogen-bond donors (Lipinski definition) is 2. The van der Waals surface area contributed by atoms with Crippen molar-refractivity contribution in [2.75, 3.05) is 13.1 Å². The number of halogens is 1. The number of nitrogens with zero attached hydrogens (tertiary/aromatic N) is 1. The number of piperidine rings is 1. The van der Waals surface area contributed by atoms with E-state index in [2.05, 4.69) is 5.32 Å². The number of benzene rings is 1. The van der Waals surface area contributed by atoms with Crippen molar-refractivity contribution >= 4 is 23.6 Å². The molecule has 1 saturated carbocycles. The zero-order valence-electron chi connectivity index (χ0n) is 12.9. The molecule has 1 atom stereocenters. The van der Waals surface area contributed by atoms with Gasteiger partial charge in [-0.05, 0) is 49.3 Å². The van der Waals surface area contributed by atoms with Gasteiger partial charge < -0.3 is 15.3 Å². The van der Waals surface area contributed by atoms with Crippen LogP contribution in [0.15, 0.2) is 24.3 Å². The Hall–Kier alpha value is -1.75. The van der Waals surface area contributed by atoms with Crippen LogP contribution in [0.1, 0.15) is 37.2 Å². The third-order valence-corrected chi connectivity index (χ3v) is 5.12. The minimum absolute atomic E-state index is 0.129. The zero-order chi connectivity index (χ0) is 16.4. The third kappa shape index (κ3) is 3.78. The van der Waals surface area contributed by atoms with Crippen LogP contribution in [0.25, 0.3) is 0 Å². The Labute approximate surface area is 140 Å². The standard InChI is InChI=1S/C17H21ClN2O3/c18-14-5-3-11(4-6-14)13-8-15(9-13)19-17(23)20-7-1-2-12(10-20)16(21)22/h3-6,12-13,15H,1-2,7-10H2,(H,19,23)(H,21,22). The summed E-state index contributed by atoms with van der Waals surface area (Å²) in [7, 11) is 0. The molecule has 1 aliphatic heterocycles. The summed E-state index contributed by atoms with van der Waals surface area (Å²) in [5.41, 5.74) is 1.25. The Bertz CT molecular complexity index is 584. The SMILES string of the molecule is O=C(O)C1CCCN(C(=O)NC2CC(c3ccc(Cl)cc3)C2)C1. The summed E-state index contributed by atoms with van der Waals surface area (Å²) >= 11 is 5.89. The van der Waals surface area contributed by atoms with Crippen LogP contribution in [0, 0.1) is 5.92 Å². The van der Waals surface area contributed by atoms with Gasteiger partial charge in [-0.15, -0.1) is 0 Å². The van der Waals surface area contributed by atoms with Gasteiger partial charge in [0.2, 0.25) is 0 Å². The molecule has 5 nitrogen and oxygen atoms in total. The molecular formula is C17H21ClN2O3. The highest BCUT2D eigenvalue weighted by Crippen LogP contribution is 2.37. The number of carbonyl (C=O) groups is 2. The highest BCUT2D eigenvalue weighted by atomic mass is 35.5. The van der Waals surface area contributed by atoms with Gasteiger partial charge in [0.25, 0.3) is 0 Å². The molecule has 124 valence electrons. The van der Waals surface area contributed by atoms with Crippen molar-refractivity contribution in [3.63, 3.8) is 0 Å². The average molecular weight is 337 g/mol. The van der Waals surface area contributed by atoms with Crippen LogP contribution in [0.2, 0.25) is 5.02 Å². The molecule has 1 heterocycles. The minimum Gasteiger partial charge on any atom is -0.481 e. The normalized spacial score (nSPS) is 27.2. The quantitative estimate of drug-likeness (QED) is 0.891. The third-order valence-electron chi connectivity index (χ3n) is 4.86. The van der Waals surface area contributed by atoms with E-state index in [4.69, 9.17) is 16.7 Å². The molecule has 2 N–H and O–H groups in total. The van der Waals surface area contributed by atoms with Crippen LogP contribution in [0.4, 0.5) is 4.79 Å². The molecule has 0 aromatic heterocycles. The lowest BCUT2D eigenvalue weighted by Gasteiger charge is -2.38. The molecule has 2 fully saturated rings. The maximum atomic E-state index is 12.3. The van der Waals surface area contributed by atoms with Gasteiger partial charge in [0.1, 0.15) is 0 Å². The molecule has 0 bridgehead atoms. The average Bonchev–Trinajstić information content (AvgIpc) is 2.51. The van der Waals surface area contributed by atoms with Crippen molar-refractivity contribution in [1.29, 1.82) is 0 Å². The number of carboxylic acids is 1. The van der Waals surface area contributed by atoms with E-state index in [9.17, 15) is 9.59 Å². The van der Waals surface area contributed by atoms with Gasteiger partial charge in [-0.2, -0.15) is 0 Å². The minimum atomic E-state index is -0.811. The molecular weight excluding hydrogens is 316 g/mol. The summed E-state index contributed by atoms with van der Waals surface area (Å²) in [6.07, 6.45) is 3.25. The first-order valence-corrected chi connectivity index (χ1v) is 8.44. The molecule has 23 heavy (non-hydrogen) atoms. The van der Waals surface area contributed by atoms with Gasteiger partial charge in [0.15, 0.2) is 0 Å². The first-order valence-electron chi connectivity index (χ1n) is 8.06. The second-order valence-corrected chi connectivity index (χ2v) is 6.93. The molecule has 1 aliphatic carbocycles. The number of hydrogen-bond acceptors (Lipinski definition) is 2. The van der Waals surface area contributed by atoms with E-state index in [0.29, 0.717) is 25.4 Å². The fourth-order valence-electron chi connectivity index (χ4n) is 3.37. The van der Waals surface area contributed by atoms with Crippen molar-refractivity contribution in [2.45, 2.75) is 37.6 Å². The summed E-state index contributed by atoms with van der Waals surface area (Å²) in [5.74, 6) is -0.780. The molecule has 1 aromatic carbocycles. The molecule has 0 spiro atoms. The predicted octanol–water partition coefficient (Wildman–Crippen LogP) is 3.09. The Kier molecular flexibility index (Phi) is 4.76. The van der Waals surface area contributed by atoms with Gasteiger partial charge in [-0.25, -0.2) is 4.79 Å². The number of carboxylic acid groups (broad SMARTS) is 1. The molecule has 1 aromatic rings. The highest BCUT2D eigenvalue weighted by molar-refractivity contribution is 6.30. The largest absolute Gasteiger partial charge is 0.481 e. The molecule has 0 radical (unpaired) electrons. The van der Waals surface area contributed by atoms with E-state index in [0.717, 1.165) is 24.3 Å². The Morgan fingerprint density at radius 3 is 2.57 bits per heavy atom. The van der Waals surface area contributed by atoms with Crippen molar-refractivity contribution in [1.82, 2.24) is 10.2 Å². The van der Waals surface area contributed by atoms with E-state index < -0.39 is 11.9 Å². The van der Waals surface area contributed by atoms with Gasteiger partial charge in [0, 0.05) is 24.2 Å². The Morgan fingerprint density at radius 1 is 1.22 bits per heavy atom. The molecule has 2 amide bonds. The lowest BCUT2D eigenvalue weighted by Crippen LogP contribution is -2.52. The Balaban J connectivity index is 1.47. The number of likely N-dealkylation sites (tertiary alicyclic amines) is 1. The predicted molar refractivity (Wildman–Crippen MR) is 87.7 cm³/mol. The van der Waals surface area contributed by atoms with Gasteiger partial charge in [-0.3, -0.25) is 4.79 Å². The van der Waals surface area contributed by atoms with E-state index in [1.165, 1.54) is 5.56 Å². The van der Waals surface area contributed by atoms with Crippen LogP contribution in [-0.2, 0) is 4.79 Å². The van der Waals surface area contributed by atoms with Crippen molar-refractivity contribution in [3.05, 3.63) is 34.9 Å². The lowest BCUT2D eigenvalue weighted by molar-refractivity contribution is -0.143. The molecule has 6 heteroatoms. The van der Waals surface area contributed by atoms with E-state index in [1.54, 1.807) is 4.90 Å². The number of amides is 2. The highest BCUT2D eigenvalue weighted by Gasteiger charge is 2.34. The smallest absolute Gasteiger partial charge is 0.317 e. The number of aliphatic carboxylic acids is 1. The monoisotopic (exact) mass is 336 g/mol. The second kappa shape index (κ2) is 6.79. The first-order chi connectivity index (χ1) is 11.0. The molecule has 2 aliphatic rings. The van der Waals surface area contributed by atoms with Crippen LogP contribution in [0.5, 0.6) is 0 Å². The summed E-state index contributed by atoms with van der Waals surface area (Å²) in [6.45, 7) is 0.956. The maximum absolute atomic E-state index is 12.3. The van der Waals surface area contributed by atoms with Gasteiger partial charge >= 0.3 is 12.0 Å². The van der Waals surface area contributed by atoms with Crippen molar-refractivity contribution < 1.29 is 14.7 Å². The van der Waals surface area contributed by atoms with E-state index >= 15 is 0 Å². The second-order valence-electron chi connectivity index (χ2n) is 6.49. The molecule has 1 saturated heterocycles. The van der Waals surface area contributed by atoms with Crippen LogP contribution < -0.4 is 5.32 Å². The van der Waals surface area contributed by atoms with E-state index in [-0.39, 0.29) is 12.1 Å². The summed E-state index contributed by atoms with van der Waals surface area (Å²) < 4.78 is 0. The van der Waals surface area contributed by atoms with Crippen molar-refractivity contribution in [2.24, 2.45) is 5.92 Å². The number of carbonyl (C=O) groups excluding carboxylic acids is 1. The number of nitrogens with one attached hydrogen (secondary N) is 1. The number of rotatable bonds is 3. The fraction of sp³-hybridized carbons (Fsp3) is 0.529. The van der Waals surface area contributed by atoms with Crippen LogP contribution in [-0.4, -0.2) is 41.1 Å². The fourth-order valence-corrected chi connectivity index (χ4v) is 3.50.